The van der Waals surface area contributed by atoms with E-state index >= 15 is 0 Å². The molecule has 3 nitrogen and oxygen atoms in total. The first-order valence-corrected chi connectivity index (χ1v) is 2.84. The predicted molar refractivity (Wildman–Crippen MR) is 29.8 cm³/mol. The Kier molecular flexibility index (Phi) is 4.51. The van der Waals surface area contributed by atoms with Gasteiger partial charge in [-0.25, -0.2) is 9.90 Å². The number of hydrogen-bond donors (Lipinski definition) is 0. The van der Waals surface area contributed by atoms with Crippen molar-refractivity contribution in [3.8, 4) is 6.07 Å². The van der Waals surface area contributed by atoms with Crippen LogP contribution in [0.1, 0.15) is 25.7 Å². The van der Waals surface area contributed by atoms with Crippen LogP contribution in [0.15, 0.2) is 0 Å². The Bertz CT molecular complexity index is 126. The lowest BCUT2D eigenvalue weighted by atomic mass is 10.2. The highest BCUT2D eigenvalue weighted by molar-refractivity contribution is 5.66. The highest BCUT2D eigenvalue weighted by Crippen LogP contribution is 1.97. The molecule has 0 saturated heterocycles. The van der Waals surface area contributed by atoms with Gasteiger partial charge in [-0.15, -0.1) is 0 Å². The lowest BCUT2D eigenvalue weighted by Gasteiger charge is -1.86. The molecule has 0 aromatic rings. The monoisotopic (exact) mass is 126 g/mol. The van der Waals surface area contributed by atoms with Crippen molar-refractivity contribution in [2.45, 2.75) is 25.7 Å². The van der Waals surface area contributed by atoms with Crippen molar-refractivity contribution < 1.29 is 9.90 Å². The van der Waals surface area contributed by atoms with Crippen LogP contribution in [-0.4, -0.2) is 5.97 Å². The molecule has 3 heteroatoms. The van der Waals surface area contributed by atoms with Crippen LogP contribution in [0.3, 0.4) is 0 Å². The van der Waals surface area contributed by atoms with Gasteiger partial charge in [0.2, 0.25) is 0 Å². The van der Waals surface area contributed by atoms with E-state index in [9.17, 15) is 9.90 Å². The Balaban J connectivity index is 2.94. The van der Waals surface area contributed by atoms with E-state index in [1.54, 1.807) is 0 Å². The average Bonchev–Trinajstić information content (AvgIpc) is 1.80. The van der Waals surface area contributed by atoms with Crippen LogP contribution in [0.2, 0.25) is 0 Å². The second kappa shape index (κ2) is 5.10. The molecule has 0 rings (SSSR count). The number of nitriles is 1. The molecule has 0 atom stereocenters. The van der Waals surface area contributed by atoms with E-state index in [4.69, 9.17) is 5.26 Å². The fraction of sp³-hybridized carbons (Fsp3) is 0.667. The van der Waals surface area contributed by atoms with Gasteiger partial charge in [-0.2, -0.15) is 5.26 Å². The van der Waals surface area contributed by atoms with E-state index in [-0.39, 0.29) is 6.42 Å². The zero-order chi connectivity index (χ0) is 7.11. The Labute approximate surface area is 53.9 Å². The second-order valence-electron chi connectivity index (χ2n) is 1.74. The van der Waals surface area contributed by atoms with E-state index in [0.29, 0.717) is 19.3 Å². The molecule has 0 aliphatic rings. The van der Waals surface area contributed by atoms with Crippen LogP contribution in [0.4, 0.5) is 0 Å². The molecule has 0 saturated carbocycles. The number of carbonyl (C=O) groups excluding carboxylic acids is 1. The minimum absolute atomic E-state index is 0.0711. The summed E-state index contributed by atoms with van der Waals surface area (Å²) >= 11 is 0. The molecule has 49 valence electrons. The van der Waals surface area contributed by atoms with Crippen molar-refractivity contribution in [2.24, 2.45) is 0 Å². The molecule has 0 heterocycles. The lowest BCUT2D eigenvalue weighted by Crippen LogP contribution is -1.90. The van der Waals surface area contributed by atoms with Gasteiger partial charge in [-0.1, -0.05) is 0 Å². The van der Waals surface area contributed by atoms with E-state index in [1.807, 2.05) is 6.07 Å². The first kappa shape index (κ1) is 7.96. The standard InChI is InChI=1S/C6H8NO2/c7-5-3-1-2-4-6(8)9/h1-4H2. The molecule has 0 N–H and O–H groups in total. The largest absolute Gasteiger partial charge is 0.355 e. The summed E-state index contributed by atoms with van der Waals surface area (Å²) in [5.74, 6) is -1.03. The molecule has 0 bridgehead atoms. The molecule has 0 unspecified atom stereocenters. The van der Waals surface area contributed by atoms with Gasteiger partial charge in [0, 0.05) is 6.42 Å². The van der Waals surface area contributed by atoms with E-state index in [0.717, 1.165) is 0 Å². The van der Waals surface area contributed by atoms with Gasteiger partial charge < -0.3 is 0 Å². The van der Waals surface area contributed by atoms with Gasteiger partial charge in [0.25, 0.3) is 0 Å². The van der Waals surface area contributed by atoms with Crippen molar-refractivity contribution in [2.75, 3.05) is 0 Å². The summed E-state index contributed by atoms with van der Waals surface area (Å²) in [6, 6.07) is 1.93. The van der Waals surface area contributed by atoms with Crippen molar-refractivity contribution in [3.05, 3.63) is 0 Å². The van der Waals surface area contributed by atoms with Gasteiger partial charge in [0.1, 0.15) is 0 Å². The van der Waals surface area contributed by atoms with Gasteiger partial charge >= 0.3 is 5.97 Å². The van der Waals surface area contributed by atoms with Crippen LogP contribution < -0.4 is 0 Å². The van der Waals surface area contributed by atoms with Gasteiger partial charge in [-0.05, 0) is 12.8 Å². The summed E-state index contributed by atoms with van der Waals surface area (Å²) in [5, 5.41) is 17.8. The lowest BCUT2D eigenvalue weighted by molar-refractivity contribution is -0.143. The smallest absolute Gasteiger partial charge is 0.247 e. The molecular weight excluding hydrogens is 118 g/mol. The summed E-state index contributed by atoms with van der Waals surface area (Å²) < 4.78 is 0. The highest BCUT2D eigenvalue weighted by atomic mass is 16.4. The molecule has 0 aliphatic carbocycles. The molecule has 9 heavy (non-hydrogen) atoms. The van der Waals surface area contributed by atoms with Crippen molar-refractivity contribution >= 4 is 5.97 Å². The summed E-state index contributed by atoms with van der Waals surface area (Å²) in [5.41, 5.74) is 0. The number of hydrogen-bond acceptors (Lipinski definition) is 2. The van der Waals surface area contributed by atoms with Gasteiger partial charge in [-0.3, -0.25) is 0 Å². The van der Waals surface area contributed by atoms with E-state index in [1.165, 1.54) is 0 Å². The zero-order valence-corrected chi connectivity index (χ0v) is 5.09. The number of nitrogens with zero attached hydrogens (tertiary/aromatic N) is 1. The Hall–Kier alpha value is -1.04. The van der Waals surface area contributed by atoms with Gasteiger partial charge in [0.15, 0.2) is 0 Å². The zero-order valence-electron chi connectivity index (χ0n) is 5.09. The third-order valence-electron chi connectivity index (χ3n) is 0.919. The molecular formula is C6H8NO2. The summed E-state index contributed by atoms with van der Waals surface area (Å²) in [6.07, 6.45) is 1.72. The van der Waals surface area contributed by atoms with E-state index < -0.39 is 5.97 Å². The van der Waals surface area contributed by atoms with Crippen molar-refractivity contribution in [3.63, 3.8) is 0 Å². The minimum atomic E-state index is -1.03. The Morgan fingerprint density at radius 3 is 2.56 bits per heavy atom. The minimum Gasteiger partial charge on any atom is -0.247 e. The quantitative estimate of drug-likeness (QED) is 0.528. The number of rotatable bonds is 4. The Morgan fingerprint density at radius 2 is 2.11 bits per heavy atom. The van der Waals surface area contributed by atoms with Crippen molar-refractivity contribution in [1.29, 1.82) is 5.26 Å². The van der Waals surface area contributed by atoms with Gasteiger partial charge in [0.05, 0.1) is 12.5 Å². The van der Waals surface area contributed by atoms with Crippen LogP contribution >= 0.6 is 0 Å². The summed E-state index contributed by atoms with van der Waals surface area (Å²) in [6.45, 7) is 0. The molecule has 0 fully saturated rings. The van der Waals surface area contributed by atoms with Crippen LogP contribution in [0, 0.1) is 11.3 Å². The van der Waals surface area contributed by atoms with Crippen LogP contribution in [0.25, 0.3) is 0 Å². The second-order valence-corrected chi connectivity index (χ2v) is 1.74. The number of carbonyl (C=O) groups is 1. The maximum absolute atomic E-state index is 9.77. The third kappa shape index (κ3) is 6.96. The average molecular weight is 126 g/mol. The Morgan fingerprint density at radius 1 is 1.44 bits per heavy atom. The third-order valence-corrected chi connectivity index (χ3v) is 0.919. The molecule has 0 aromatic heterocycles. The topological polar surface area (TPSA) is 60.8 Å². The molecule has 0 spiro atoms. The fourth-order valence-corrected chi connectivity index (χ4v) is 0.473. The predicted octanol–water partition coefficient (Wildman–Crippen LogP) is 1.03. The molecule has 1 radical (unpaired) electrons. The fourth-order valence-electron chi connectivity index (χ4n) is 0.473. The maximum Gasteiger partial charge on any atom is 0.355 e. The van der Waals surface area contributed by atoms with E-state index in [2.05, 4.69) is 0 Å². The molecule has 0 aliphatic heterocycles. The first-order chi connectivity index (χ1) is 4.27. The normalized spacial score (nSPS) is 8.33. The maximum atomic E-state index is 9.77. The van der Waals surface area contributed by atoms with Crippen LogP contribution in [-0.2, 0) is 9.90 Å². The number of unbranched alkanes of at least 4 members (excludes halogenated alkanes) is 2. The molecule has 0 aromatic carbocycles. The first-order valence-electron chi connectivity index (χ1n) is 2.84. The summed E-state index contributed by atoms with van der Waals surface area (Å²) in [7, 11) is 0. The SMILES string of the molecule is N#CCCCCC([O])=O. The summed E-state index contributed by atoms with van der Waals surface area (Å²) in [4.78, 5) is 9.77. The van der Waals surface area contributed by atoms with Crippen molar-refractivity contribution in [1.82, 2.24) is 0 Å². The molecule has 0 amide bonds. The highest BCUT2D eigenvalue weighted by Gasteiger charge is 1.96. The van der Waals surface area contributed by atoms with Crippen LogP contribution in [0.5, 0.6) is 0 Å².